The molecular formula is C20H21Cl2N. The van der Waals surface area contributed by atoms with Crippen LogP contribution in [-0.2, 0) is 25.7 Å². The molecule has 1 nitrogen and oxygen atoms in total. The highest BCUT2D eigenvalue weighted by molar-refractivity contribution is 6.42. The molecule has 0 amide bonds. The van der Waals surface area contributed by atoms with Crippen LogP contribution in [0.1, 0.15) is 35.1 Å². The number of hydrogen-bond acceptors (Lipinski definition) is 1. The molecule has 0 atom stereocenters. The molecule has 0 unspecified atom stereocenters. The fourth-order valence-corrected chi connectivity index (χ4v) is 4.38. The number of fused-ring (bicyclic) bond motifs is 2. The Balaban J connectivity index is 1.97. The second kappa shape index (κ2) is 6.47. The third kappa shape index (κ3) is 2.91. The first-order chi connectivity index (χ1) is 11.2. The Bertz CT molecular complexity index is 752. The van der Waals surface area contributed by atoms with Gasteiger partial charge in [-0.15, -0.1) is 0 Å². The molecular weight excluding hydrogens is 325 g/mol. The molecule has 120 valence electrons. The minimum Gasteiger partial charge on any atom is -0.316 e. The molecule has 2 aliphatic rings. The lowest BCUT2D eigenvalue weighted by molar-refractivity contribution is 0.684. The minimum absolute atomic E-state index is 0.632. The number of halogens is 2. The van der Waals surface area contributed by atoms with Crippen molar-refractivity contribution in [2.24, 2.45) is 0 Å². The van der Waals surface area contributed by atoms with Crippen molar-refractivity contribution in [3.8, 4) is 11.1 Å². The van der Waals surface area contributed by atoms with Gasteiger partial charge in [0, 0.05) is 0 Å². The molecule has 0 saturated carbocycles. The third-order valence-corrected chi connectivity index (χ3v) is 5.92. The Morgan fingerprint density at radius 1 is 0.739 bits per heavy atom. The van der Waals surface area contributed by atoms with Crippen LogP contribution in [-0.4, -0.2) is 13.1 Å². The zero-order chi connectivity index (χ0) is 15.8. The van der Waals surface area contributed by atoms with E-state index in [9.17, 15) is 0 Å². The van der Waals surface area contributed by atoms with E-state index in [0.717, 1.165) is 25.9 Å². The Morgan fingerprint density at radius 3 is 2.35 bits per heavy atom. The van der Waals surface area contributed by atoms with Crippen LogP contribution in [0.25, 0.3) is 11.1 Å². The van der Waals surface area contributed by atoms with Crippen LogP contribution in [0.4, 0.5) is 0 Å². The summed E-state index contributed by atoms with van der Waals surface area (Å²) < 4.78 is 0. The van der Waals surface area contributed by atoms with Gasteiger partial charge in [0.2, 0.25) is 0 Å². The number of benzene rings is 2. The lowest BCUT2D eigenvalue weighted by atomic mass is 9.80. The number of hydrogen-bond donors (Lipinski definition) is 1. The summed E-state index contributed by atoms with van der Waals surface area (Å²) >= 11 is 12.5. The quantitative estimate of drug-likeness (QED) is 0.746. The van der Waals surface area contributed by atoms with Crippen molar-refractivity contribution in [2.75, 3.05) is 13.1 Å². The lowest BCUT2D eigenvalue weighted by Gasteiger charge is -2.25. The average molecular weight is 346 g/mol. The predicted octanol–water partition coefficient (Wildman–Crippen LogP) is 5.23. The van der Waals surface area contributed by atoms with Gasteiger partial charge < -0.3 is 5.32 Å². The molecule has 4 rings (SSSR count). The Kier molecular flexibility index (Phi) is 4.36. The first-order valence-corrected chi connectivity index (χ1v) is 9.32. The van der Waals surface area contributed by atoms with E-state index >= 15 is 0 Å². The van der Waals surface area contributed by atoms with E-state index in [0.29, 0.717) is 10.0 Å². The number of aryl methyl sites for hydroxylation is 1. The summed E-state index contributed by atoms with van der Waals surface area (Å²) in [6.45, 7) is 2.13. The Hall–Kier alpha value is -1.02. The van der Waals surface area contributed by atoms with Crippen LogP contribution < -0.4 is 5.32 Å². The van der Waals surface area contributed by atoms with Gasteiger partial charge >= 0.3 is 0 Å². The van der Waals surface area contributed by atoms with E-state index in [2.05, 4.69) is 17.4 Å². The molecule has 2 aromatic rings. The number of nitrogens with one attached hydrogen (secondary N) is 1. The molecule has 3 heteroatoms. The van der Waals surface area contributed by atoms with Crippen LogP contribution in [0.15, 0.2) is 24.3 Å². The zero-order valence-corrected chi connectivity index (χ0v) is 14.7. The monoisotopic (exact) mass is 345 g/mol. The van der Waals surface area contributed by atoms with Gasteiger partial charge in [-0.25, -0.2) is 0 Å². The summed E-state index contributed by atoms with van der Waals surface area (Å²) in [7, 11) is 0. The van der Waals surface area contributed by atoms with Crippen molar-refractivity contribution in [1.29, 1.82) is 0 Å². The van der Waals surface area contributed by atoms with Crippen molar-refractivity contribution in [3.63, 3.8) is 0 Å². The van der Waals surface area contributed by atoms with Gasteiger partial charge in [-0.05, 0) is 97.1 Å². The van der Waals surface area contributed by atoms with Crippen molar-refractivity contribution in [1.82, 2.24) is 5.32 Å². The van der Waals surface area contributed by atoms with Crippen molar-refractivity contribution in [3.05, 3.63) is 56.6 Å². The smallest absolute Gasteiger partial charge is 0.0598 e. The van der Waals surface area contributed by atoms with Crippen LogP contribution in [0.3, 0.4) is 0 Å². The van der Waals surface area contributed by atoms with Gasteiger partial charge in [0.15, 0.2) is 0 Å². The second-order valence-corrected chi connectivity index (χ2v) is 7.43. The first-order valence-electron chi connectivity index (χ1n) is 8.56. The minimum atomic E-state index is 0.632. The van der Waals surface area contributed by atoms with E-state index in [4.69, 9.17) is 23.2 Å². The van der Waals surface area contributed by atoms with Gasteiger partial charge in [-0.2, -0.15) is 0 Å². The third-order valence-electron chi connectivity index (χ3n) is 5.18. The highest BCUT2D eigenvalue weighted by Gasteiger charge is 2.22. The maximum atomic E-state index is 6.32. The molecule has 1 aliphatic heterocycles. The molecule has 0 saturated heterocycles. The van der Waals surface area contributed by atoms with E-state index in [-0.39, 0.29) is 0 Å². The molecule has 1 N–H and O–H groups in total. The van der Waals surface area contributed by atoms with Crippen molar-refractivity contribution < 1.29 is 0 Å². The lowest BCUT2D eigenvalue weighted by Crippen LogP contribution is -2.16. The normalized spacial score (nSPS) is 17.3. The molecule has 0 aromatic heterocycles. The average Bonchev–Trinajstić information content (AvgIpc) is 2.80. The predicted molar refractivity (Wildman–Crippen MR) is 98.8 cm³/mol. The summed E-state index contributed by atoms with van der Waals surface area (Å²) in [5.74, 6) is 0. The standard InChI is InChI=1S/C20H21Cl2N/c21-18-6-5-15(12-19(18)22)20-16-4-2-1-3-13(16)11-14-7-9-23-10-8-17(14)20/h5-6,11-12,23H,1-4,7-10H2. The van der Waals surface area contributed by atoms with Gasteiger partial charge in [-0.1, -0.05) is 35.3 Å². The van der Waals surface area contributed by atoms with E-state index < -0.39 is 0 Å². The molecule has 0 radical (unpaired) electrons. The highest BCUT2D eigenvalue weighted by atomic mass is 35.5. The van der Waals surface area contributed by atoms with Crippen molar-refractivity contribution >= 4 is 23.2 Å². The molecule has 1 heterocycles. The van der Waals surface area contributed by atoms with E-state index in [1.54, 1.807) is 11.1 Å². The molecule has 0 spiro atoms. The molecule has 1 aliphatic carbocycles. The zero-order valence-electron chi connectivity index (χ0n) is 13.2. The topological polar surface area (TPSA) is 12.0 Å². The van der Waals surface area contributed by atoms with Gasteiger partial charge in [0.05, 0.1) is 10.0 Å². The van der Waals surface area contributed by atoms with Crippen LogP contribution in [0.2, 0.25) is 10.0 Å². The maximum Gasteiger partial charge on any atom is 0.0598 e. The van der Waals surface area contributed by atoms with Gasteiger partial charge in [0.1, 0.15) is 0 Å². The molecule has 23 heavy (non-hydrogen) atoms. The SMILES string of the molecule is Clc1ccc(-c2c3c(cc4c2CCNCC4)CCCC3)cc1Cl. The maximum absolute atomic E-state index is 6.32. The van der Waals surface area contributed by atoms with Crippen LogP contribution in [0.5, 0.6) is 0 Å². The molecule has 0 fully saturated rings. The van der Waals surface area contributed by atoms with Crippen LogP contribution in [0, 0.1) is 0 Å². The fraction of sp³-hybridized carbons (Fsp3) is 0.400. The molecule has 2 aromatic carbocycles. The largest absolute Gasteiger partial charge is 0.316 e. The second-order valence-electron chi connectivity index (χ2n) is 6.61. The fourth-order valence-electron chi connectivity index (χ4n) is 4.08. The van der Waals surface area contributed by atoms with E-state index in [1.807, 2.05) is 12.1 Å². The summed E-state index contributed by atoms with van der Waals surface area (Å²) in [5.41, 5.74) is 8.83. The Labute approximate surface area is 148 Å². The number of rotatable bonds is 1. The summed E-state index contributed by atoms with van der Waals surface area (Å²) in [5, 5.41) is 4.82. The summed E-state index contributed by atoms with van der Waals surface area (Å²) in [4.78, 5) is 0. The Morgan fingerprint density at radius 2 is 1.48 bits per heavy atom. The highest BCUT2D eigenvalue weighted by Crippen LogP contribution is 2.39. The van der Waals surface area contributed by atoms with E-state index in [1.165, 1.54) is 47.9 Å². The summed E-state index contributed by atoms with van der Waals surface area (Å²) in [6, 6.07) is 8.60. The van der Waals surface area contributed by atoms with Crippen LogP contribution >= 0.6 is 23.2 Å². The summed E-state index contributed by atoms with van der Waals surface area (Å²) in [6.07, 6.45) is 7.22. The van der Waals surface area contributed by atoms with Crippen molar-refractivity contribution in [2.45, 2.75) is 38.5 Å². The first kappa shape index (κ1) is 15.5. The molecule has 0 bridgehead atoms. The van der Waals surface area contributed by atoms with Gasteiger partial charge in [0.25, 0.3) is 0 Å². The van der Waals surface area contributed by atoms with Gasteiger partial charge in [-0.3, -0.25) is 0 Å².